The molecule has 4 aromatic carbocycles. The van der Waals surface area contributed by atoms with Gasteiger partial charge < -0.3 is 0 Å². The van der Waals surface area contributed by atoms with Crippen LogP contribution in [0.3, 0.4) is 0 Å². The molecule has 0 heterocycles. The third kappa shape index (κ3) is 3.41. The summed E-state index contributed by atoms with van der Waals surface area (Å²) in [5.41, 5.74) is 2.78. The fraction of sp³-hybridized carbons (Fsp3) is 0.111. The first-order valence-corrected chi connectivity index (χ1v) is 11.2. The summed E-state index contributed by atoms with van der Waals surface area (Å²) in [5.74, 6) is 0. The Morgan fingerprint density at radius 1 is 0.500 bits per heavy atom. The molecule has 0 aliphatic carbocycles. The summed E-state index contributed by atoms with van der Waals surface area (Å²) in [4.78, 5) is 0. The lowest BCUT2D eigenvalue weighted by molar-refractivity contribution is 0.701. The van der Waals surface area contributed by atoms with E-state index in [-0.39, 0.29) is 5.16 Å². The molecule has 0 N–H and O–H groups in total. The van der Waals surface area contributed by atoms with E-state index in [9.17, 15) is 0 Å². The Bertz CT molecular complexity index is 900. The van der Waals surface area contributed by atoms with Crippen LogP contribution in [-0.4, -0.2) is 0 Å². The lowest BCUT2D eigenvalue weighted by Crippen LogP contribution is -2.33. The van der Waals surface area contributed by atoms with E-state index >= 15 is 0 Å². The smallest absolute Gasteiger partial charge is 0.0480 e. The molecule has 4 aromatic rings. The molecule has 0 aliphatic rings. The van der Waals surface area contributed by atoms with Gasteiger partial charge in [-0.2, -0.15) is 0 Å². The molecule has 0 nitrogen and oxygen atoms in total. The fourth-order valence-electron chi connectivity index (χ4n) is 4.16. The van der Waals surface area contributed by atoms with Crippen LogP contribution >= 0.6 is 7.92 Å². The van der Waals surface area contributed by atoms with Gasteiger partial charge in [0.2, 0.25) is 0 Å². The molecule has 138 valence electrons. The Labute approximate surface area is 169 Å². The number of rotatable bonds is 6. The van der Waals surface area contributed by atoms with Gasteiger partial charge in [-0.1, -0.05) is 128 Å². The second-order valence-corrected chi connectivity index (χ2v) is 9.42. The van der Waals surface area contributed by atoms with Gasteiger partial charge in [0.15, 0.2) is 0 Å². The van der Waals surface area contributed by atoms with Crippen LogP contribution in [0.4, 0.5) is 0 Å². The Kier molecular flexibility index (Phi) is 5.70. The van der Waals surface area contributed by atoms with Gasteiger partial charge >= 0.3 is 0 Å². The highest BCUT2D eigenvalue weighted by atomic mass is 31.1. The highest BCUT2D eigenvalue weighted by molar-refractivity contribution is 7.74. The summed E-state index contributed by atoms with van der Waals surface area (Å²) >= 11 is 0. The average Bonchev–Trinajstić information content (AvgIpc) is 2.80. The highest BCUT2D eigenvalue weighted by Gasteiger charge is 2.42. The molecule has 0 saturated carbocycles. The van der Waals surface area contributed by atoms with E-state index in [1.807, 2.05) is 0 Å². The van der Waals surface area contributed by atoms with Crippen molar-refractivity contribution in [2.45, 2.75) is 18.5 Å². The van der Waals surface area contributed by atoms with Gasteiger partial charge in [0, 0.05) is 5.16 Å². The predicted molar refractivity (Wildman–Crippen MR) is 123 cm³/mol. The molecule has 0 saturated heterocycles. The van der Waals surface area contributed by atoms with Crippen molar-refractivity contribution < 1.29 is 0 Å². The maximum absolute atomic E-state index is 2.33. The molecular weight excluding hydrogens is 355 g/mol. The largest absolute Gasteiger partial charge is 0.0638 e. The summed E-state index contributed by atoms with van der Waals surface area (Å²) in [5, 5.41) is 2.75. The van der Waals surface area contributed by atoms with Crippen molar-refractivity contribution in [3.05, 3.63) is 132 Å². The normalized spacial score (nSPS) is 11.5. The molecule has 0 fully saturated rings. The molecule has 1 heteroatoms. The SMILES string of the molecule is CCC(c1ccccc1)(c1ccccc1)P(c1ccccc1)c1ccccc1. The van der Waals surface area contributed by atoms with Crippen molar-refractivity contribution >= 4 is 18.5 Å². The topological polar surface area (TPSA) is 0 Å². The van der Waals surface area contributed by atoms with Crippen LogP contribution in [0.25, 0.3) is 0 Å². The molecule has 0 aromatic heterocycles. The van der Waals surface area contributed by atoms with Crippen LogP contribution in [0.1, 0.15) is 24.5 Å². The van der Waals surface area contributed by atoms with Crippen molar-refractivity contribution in [1.29, 1.82) is 0 Å². The first-order chi connectivity index (χ1) is 13.9. The third-order valence-corrected chi connectivity index (χ3v) is 8.65. The molecule has 4 rings (SSSR count). The second-order valence-electron chi connectivity index (χ2n) is 6.95. The standard InChI is InChI=1S/C27H25P/c1-2-27(23-15-7-3-8-16-23,24-17-9-4-10-18-24)28(25-19-11-5-12-20-25)26-21-13-6-14-22-26/h3-22H,2H2,1H3. The Morgan fingerprint density at radius 3 is 1.14 bits per heavy atom. The molecule has 0 spiro atoms. The Morgan fingerprint density at radius 2 is 0.821 bits per heavy atom. The Balaban J connectivity index is 2.05. The summed E-state index contributed by atoms with van der Waals surface area (Å²) in [7, 11) is -0.651. The zero-order chi connectivity index (χ0) is 19.2. The maximum atomic E-state index is 2.33. The van der Waals surface area contributed by atoms with Crippen molar-refractivity contribution in [1.82, 2.24) is 0 Å². The van der Waals surface area contributed by atoms with Crippen LogP contribution in [0.2, 0.25) is 0 Å². The second kappa shape index (κ2) is 8.55. The zero-order valence-corrected chi connectivity index (χ0v) is 17.1. The summed E-state index contributed by atoms with van der Waals surface area (Å²) in [6, 6.07) is 44.2. The monoisotopic (exact) mass is 380 g/mol. The van der Waals surface area contributed by atoms with Gasteiger partial charge in [-0.3, -0.25) is 0 Å². The molecule has 0 aliphatic heterocycles. The van der Waals surface area contributed by atoms with Gasteiger partial charge in [-0.15, -0.1) is 0 Å². The van der Waals surface area contributed by atoms with E-state index in [2.05, 4.69) is 128 Å². The van der Waals surface area contributed by atoms with Gasteiger partial charge in [0.1, 0.15) is 0 Å². The Hall–Kier alpha value is -2.69. The van der Waals surface area contributed by atoms with Gasteiger partial charge in [0.25, 0.3) is 0 Å². The molecule has 0 radical (unpaired) electrons. The minimum atomic E-state index is -0.651. The van der Waals surface area contributed by atoms with Gasteiger partial charge in [-0.05, 0) is 36.1 Å². The van der Waals surface area contributed by atoms with Crippen LogP contribution in [0.15, 0.2) is 121 Å². The van der Waals surface area contributed by atoms with E-state index in [0.717, 1.165) is 6.42 Å². The molecule has 0 amide bonds. The van der Waals surface area contributed by atoms with Crippen molar-refractivity contribution in [3.8, 4) is 0 Å². The minimum Gasteiger partial charge on any atom is -0.0638 e. The number of benzene rings is 4. The number of hydrogen-bond acceptors (Lipinski definition) is 0. The highest BCUT2D eigenvalue weighted by Crippen LogP contribution is 2.60. The van der Waals surface area contributed by atoms with E-state index in [1.54, 1.807) is 0 Å². The summed E-state index contributed by atoms with van der Waals surface area (Å²) in [6.45, 7) is 2.33. The maximum Gasteiger partial charge on any atom is 0.0480 e. The lowest BCUT2D eigenvalue weighted by atomic mass is 9.88. The van der Waals surface area contributed by atoms with Crippen LogP contribution in [0, 0.1) is 0 Å². The summed E-state index contributed by atoms with van der Waals surface area (Å²) in [6.07, 6.45) is 1.04. The van der Waals surface area contributed by atoms with Gasteiger partial charge in [-0.25, -0.2) is 0 Å². The fourth-order valence-corrected chi connectivity index (χ4v) is 7.41. The lowest BCUT2D eigenvalue weighted by Gasteiger charge is -2.42. The minimum absolute atomic E-state index is 0.0828. The molecule has 0 atom stereocenters. The van der Waals surface area contributed by atoms with Crippen LogP contribution in [-0.2, 0) is 5.16 Å². The van der Waals surface area contributed by atoms with Crippen LogP contribution in [0.5, 0.6) is 0 Å². The molecule has 0 bridgehead atoms. The van der Waals surface area contributed by atoms with E-state index in [0.29, 0.717) is 0 Å². The van der Waals surface area contributed by atoms with Gasteiger partial charge in [0.05, 0.1) is 0 Å². The predicted octanol–water partition coefficient (Wildman–Crippen LogP) is 6.47. The average molecular weight is 380 g/mol. The van der Waals surface area contributed by atoms with Crippen molar-refractivity contribution in [3.63, 3.8) is 0 Å². The third-order valence-electron chi connectivity index (χ3n) is 5.42. The molecule has 28 heavy (non-hydrogen) atoms. The van der Waals surface area contributed by atoms with E-state index in [4.69, 9.17) is 0 Å². The van der Waals surface area contributed by atoms with Crippen molar-refractivity contribution in [2.75, 3.05) is 0 Å². The number of hydrogen-bond donors (Lipinski definition) is 0. The van der Waals surface area contributed by atoms with Crippen molar-refractivity contribution in [2.24, 2.45) is 0 Å². The molecule has 0 unspecified atom stereocenters. The zero-order valence-electron chi connectivity index (χ0n) is 16.2. The van der Waals surface area contributed by atoms with Crippen LogP contribution < -0.4 is 10.6 Å². The van der Waals surface area contributed by atoms with E-state index in [1.165, 1.54) is 21.7 Å². The quantitative estimate of drug-likeness (QED) is 0.336. The first kappa shape index (κ1) is 18.7. The first-order valence-electron chi connectivity index (χ1n) is 9.87. The van der Waals surface area contributed by atoms with E-state index < -0.39 is 7.92 Å². The molecular formula is C27H25P. The summed E-state index contributed by atoms with van der Waals surface area (Å²) < 4.78 is 0.